The molecule has 0 saturated carbocycles. The molecule has 1 aromatic heterocycles. The molecule has 0 unspecified atom stereocenters. The van der Waals surface area contributed by atoms with Crippen molar-refractivity contribution in [1.29, 1.82) is 0 Å². The van der Waals surface area contributed by atoms with Gasteiger partial charge in [0, 0.05) is 29.2 Å². The zero-order chi connectivity index (χ0) is 28.4. The van der Waals surface area contributed by atoms with Crippen LogP contribution in [0, 0.1) is 5.82 Å². The monoisotopic (exact) mass is 539 g/mol. The van der Waals surface area contributed by atoms with Gasteiger partial charge in [0.25, 0.3) is 11.8 Å². The van der Waals surface area contributed by atoms with Crippen molar-refractivity contribution in [3.8, 4) is 5.75 Å². The van der Waals surface area contributed by atoms with Crippen LogP contribution in [0.1, 0.15) is 38.3 Å². The first-order chi connectivity index (χ1) is 19.1. The van der Waals surface area contributed by atoms with Crippen molar-refractivity contribution in [1.82, 2.24) is 9.88 Å². The van der Waals surface area contributed by atoms with Gasteiger partial charge in [-0.2, -0.15) is 0 Å². The van der Waals surface area contributed by atoms with Crippen molar-refractivity contribution in [2.45, 2.75) is 39.2 Å². The third-order valence-electron chi connectivity index (χ3n) is 6.84. The van der Waals surface area contributed by atoms with Crippen LogP contribution in [0.4, 0.5) is 14.9 Å². The molecule has 0 atom stereocenters. The van der Waals surface area contributed by atoms with Crippen LogP contribution in [-0.2, 0) is 21.5 Å². The minimum Gasteiger partial charge on any atom is -0.494 e. The average molecular weight is 540 g/mol. The number of hydrogen-bond acceptors (Lipinski definition) is 4. The number of amides is 4. The van der Waals surface area contributed by atoms with Gasteiger partial charge in [0.1, 0.15) is 17.1 Å². The molecule has 1 fully saturated rings. The van der Waals surface area contributed by atoms with Gasteiger partial charge in [-0.25, -0.2) is 14.1 Å². The number of aryl methyl sites for hydroxylation is 1. The summed E-state index contributed by atoms with van der Waals surface area (Å²) in [6.07, 6.45) is 4.11. The number of nitrogens with one attached hydrogen (secondary N) is 1. The van der Waals surface area contributed by atoms with E-state index >= 15 is 0 Å². The molecule has 3 aromatic carbocycles. The van der Waals surface area contributed by atoms with Gasteiger partial charge in [0.15, 0.2) is 0 Å². The highest BCUT2D eigenvalue weighted by Crippen LogP contribution is 2.28. The van der Waals surface area contributed by atoms with E-state index in [1.807, 2.05) is 42.6 Å². The van der Waals surface area contributed by atoms with Crippen molar-refractivity contribution in [2.24, 2.45) is 0 Å². The molecule has 1 aliphatic heterocycles. The third kappa shape index (κ3) is 5.52. The van der Waals surface area contributed by atoms with Gasteiger partial charge in [-0.15, -0.1) is 0 Å². The number of carbonyl (C=O) groups excluding carboxylic acids is 3. The molecule has 5 rings (SSSR count). The minimum absolute atomic E-state index is 0.0821. The molecule has 40 heavy (non-hydrogen) atoms. The molecule has 8 heteroatoms. The van der Waals surface area contributed by atoms with E-state index in [1.165, 1.54) is 23.8 Å². The Morgan fingerprint density at radius 3 is 2.33 bits per heavy atom. The lowest BCUT2D eigenvalue weighted by molar-refractivity contribution is -0.122. The quantitative estimate of drug-likeness (QED) is 0.172. The van der Waals surface area contributed by atoms with Crippen LogP contribution >= 0.6 is 0 Å². The smallest absolute Gasteiger partial charge is 0.335 e. The molecule has 4 amide bonds. The molecule has 1 saturated heterocycles. The Kier molecular flexibility index (Phi) is 7.26. The summed E-state index contributed by atoms with van der Waals surface area (Å²) in [5.74, 6) is -1.24. The number of rotatable bonds is 7. The van der Waals surface area contributed by atoms with Gasteiger partial charge in [0.2, 0.25) is 0 Å². The molecule has 1 N–H and O–H groups in total. The number of benzene rings is 3. The van der Waals surface area contributed by atoms with Gasteiger partial charge in [-0.05, 0) is 65.9 Å². The highest BCUT2D eigenvalue weighted by Gasteiger charge is 2.37. The number of hydrogen-bond donors (Lipinski definition) is 1. The number of fused-ring (bicyclic) bond motifs is 1. The lowest BCUT2D eigenvalue weighted by Gasteiger charge is -2.26. The molecule has 1 aliphatic rings. The van der Waals surface area contributed by atoms with Crippen LogP contribution in [-0.4, -0.2) is 29.0 Å². The van der Waals surface area contributed by atoms with E-state index in [-0.39, 0.29) is 16.7 Å². The third-order valence-corrected chi connectivity index (χ3v) is 6.84. The second-order valence-corrected chi connectivity index (χ2v) is 10.7. The molecule has 4 aromatic rings. The number of halogens is 1. The van der Waals surface area contributed by atoms with Gasteiger partial charge in [0.05, 0.1) is 12.3 Å². The van der Waals surface area contributed by atoms with Crippen LogP contribution in [0.2, 0.25) is 0 Å². The standard InChI is InChI=1S/C32H30FN3O4/c1-32(2,3)22-9-15-25(16-10-22)40-18-6-17-35-20-21(26-7-4-5-8-28(26)35)19-27-29(37)34-31(39)36(30(27)38)24-13-11-23(33)12-14-24/h4-5,7-16,19-20H,6,17-18H2,1-3H3,(H,34,37,39)/b27-19+. The Morgan fingerprint density at radius 1 is 0.925 bits per heavy atom. The first-order valence-corrected chi connectivity index (χ1v) is 13.1. The number of urea groups is 1. The molecular weight excluding hydrogens is 509 g/mol. The van der Waals surface area contributed by atoms with E-state index in [2.05, 4.69) is 42.8 Å². The van der Waals surface area contributed by atoms with Crippen molar-refractivity contribution in [3.63, 3.8) is 0 Å². The number of imide groups is 2. The normalized spacial score (nSPS) is 15.2. The molecule has 204 valence electrons. The van der Waals surface area contributed by atoms with Gasteiger partial charge >= 0.3 is 6.03 Å². The fraction of sp³-hybridized carbons (Fsp3) is 0.219. The summed E-state index contributed by atoms with van der Waals surface area (Å²) in [7, 11) is 0. The maximum Gasteiger partial charge on any atom is 0.335 e. The second-order valence-electron chi connectivity index (χ2n) is 10.7. The lowest BCUT2D eigenvalue weighted by Crippen LogP contribution is -2.54. The maximum absolute atomic E-state index is 13.4. The zero-order valence-corrected chi connectivity index (χ0v) is 22.6. The van der Waals surface area contributed by atoms with Crippen LogP contribution in [0.3, 0.4) is 0 Å². The van der Waals surface area contributed by atoms with E-state index in [9.17, 15) is 18.8 Å². The number of para-hydroxylation sites is 1. The van der Waals surface area contributed by atoms with Gasteiger partial charge in [-0.1, -0.05) is 51.1 Å². The molecule has 0 aliphatic carbocycles. The summed E-state index contributed by atoms with van der Waals surface area (Å²) in [4.78, 5) is 39.2. The number of ether oxygens (including phenoxy) is 1. The minimum atomic E-state index is -0.880. The fourth-order valence-electron chi connectivity index (χ4n) is 4.69. The fourth-order valence-corrected chi connectivity index (χ4v) is 4.69. The topological polar surface area (TPSA) is 80.6 Å². The Hall–Kier alpha value is -4.72. The van der Waals surface area contributed by atoms with E-state index in [0.717, 1.165) is 40.1 Å². The molecule has 0 bridgehead atoms. The van der Waals surface area contributed by atoms with E-state index in [4.69, 9.17) is 4.74 Å². The highest BCUT2D eigenvalue weighted by molar-refractivity contribution is 6.39. The Labute approximate surface area is 231 Å². The Morgan fingerprint density at radius 2 is 1.62 bits per heavy atom. The lowest BCUT2D eigenvalue weighted by atomic mass is 9.87. The summed E-state index contributed by atoms with van der Waals surface area (Å²) in [6, 6.07) is 19.9. The SMILES string of the molecule is CC(C)(C)c1ccc(OCCCn2cc(/C=C3\C(=O)NC(=O)N(c4ccc(F)cc4)C3=O)c3ccccc32)cc1. The first kappa shape index (κ1) is 26.9. The average Bonchev–Trinajstić information content (AvgIpc) is 3.27. The van der Waals surface area contributed by atoms with Crippen LogP contribution in [0.5, 0.6) is 5.75 Å². The molecule has 7 nitrogen and oxygen atoms in total. The summed E-state index contributed by atoms with van der Waals surface area (Å²) in [5, 5.41) is 3.07. The van der Waals surface area contributed by atoms with Crippen molar-refractivity contribution in [3.05, 3.63) is 102 Å². The Balaban J connectivity index is 1.34. The Bertz CT molecular complexity index is 1610. The summed E-state index contributed by atoms with van der Waals surface area (Å²) in [5.41, 5.74) is 2.92. The van der Waals surface area contributed by atoms with E-state index in [0.29, 0.717) is 18.7 Å². The highest BCUT2D eigenvalue weighted by atomic mass is 19.1. The van der Waals surface area contributed by atoms with Gasteiger partial charge < -0.3 is 9.30 Å². The molecule has 2 heterocycles. The molecular formula is C32H30FN3O4. The summed E-state index contributed by atoms with van der Waals surface area (Å²) >= 11 is 0. The number of carbonyl (C=O) groups is 3. The van der Waals surface area contributed by atoms with Crippen molar-refractivity contribution < 1.29 is 23.5 Å². The van der Waals surface area contributed by atoms with Crippen molar-refractivity contribution in [2.75, 3.05) is 11.5 Å². The van der Waals surface area contributed by atoms with Crippen LogP contribution < -0.4 is 15.0 Å². The summed E-state index contributed by atoms with van der Waals surface area (Å²) < 4.78 is 21.4. The van der Waals surface area contributed by atoms with E-state index < -0.39 is 23.7 Å². The summed E-state index contributed by atoms with van der Waals surface area (Å²) in [6.45, 7) is 7.70. The predicted octanol–water partition coefficient (Wildman–Crippen LogP) is 6.21. The van der Waals surface area contributed by atoms with Crippen LogP contribution in [0.15, 0.2) is 84.6 Å². The molecule has 0 radical (unpaired) electrons. The van der Waals surface area contributed by atoms with Crippen molar-refractivity contribution >= 4 is 40.5 Å². The first-order valence-electron chi connectivity index (χ1n) is 13.1. The second kappa shape index (κ2) is 10.8. The zero-order valence-electron chi connectivity index (χ0n) is 22.6. The number of barbiturate groups is 1. The van der Waals surface area contributed by atoms with E-state index in [1.54, 1.807) is 0 Å². The van der Waals surface area contributed by atoms with Gasteiger partial charge in [-0.3, -0.25) is 14.9 Å². The predicted molar refractivity (Wildman–Crippen MR) is 153 cm³/mol. The van der Waals surface area contributed by atoms with Crippen LogP contribution in [0.25, 0.3) is 17.0 Å². The largest absolute Gasteiger partial charge is 0.494 e. The number of anilines is 1. The molecule has 0 spiro atoms. The number of aromatic nitrogens is 1. The maximum atomic E-state index is 13.4. The number of nitrogens with zero attached hydrogens (tertiary/aromatic N) is 2.